The van der Waals surface area contributed by atoms with Gasteiger partial charge in [-0.05, 0) is 42.2 Å². The van der Waals surface area contributed by atoms with Gasteiger partial charge in [0.15, 0.2) is 11.5 Å². The molecular weight excluding hydrogens is 368 g/mol. The van der Waals surface area contributed by atoms with Crippen LogP contribution in [0.1, 0.15) is 23.6 Å². The van der Waals surface area contributed by atoms with E-state index in [0.717, 1.165) is 5.56 Å². The van der Waals surface area contributed by atoms with E-state index in [9.17, 15) is 15.0 Å². The predicted molar refractivity (Wildman–Crippen MR) is 108 cm³/mol. The molecular formula is C24H22O5. The van der Waals surface area contributed by atoms with Crippen molar-refractivity contribution in [1.29, 1.82) is 0 Å². The first-order valence-corrected chi connectivity index (χ1v) is 9.40. The maximum atomic E-state index is 12.6. The van der Waals surface area contributed by atoms with Crippen molar-refractivity contribution < 1.29 is 24.5 Å². The number of hydrogen-bond donors (Lipinski definition) is 2. The van der Waals surface area contributed by atoms with Crippen LogP contribution in [0.4, 0.5) is 0 Å². The average Bonchev–Trinajstić information content (AvgIpc) is 3.22. The summed E-state index contributed by atoms with van der Waals surface area (Å²) in [6, 6.07) is 23.3. The van der Waals surface area contributed by atoms with E-state index in [4.69, 9.17) is 9.47 Å². The number of carboxylic acid groups (broad SMARTS) is 1. The van der Waals surface area contributed by atoms with Crippen molar-refractivity contribution in [3.63, 3.8) is 0 Å². The SMILES string of the molecule is CC(Cc1ccc2c(c1)OCO2)(C(=O)O)C(O)(c1ccccc1)c1ccccc1. The van der Waals surface area contributed by atoms with E-state index in [0.29, 0.717) is 22.6 Å². The summed E-state index contributed by atoms with van der Waals surface area (Å²) in [7, 11) is 0. The lowest BCUT2D eigenvalue weighted by Gasteiger charge is -2.43. The summed E-state index contributed by atoms with van der Waals surface area (Å²) in [4.78, 5) is 12.6. The molecule has 1 heterocycles. The highest BCUT2D eigenvalue weighted by Gasteiger charge is 2.54. The first kappa shape index (κ1) is 19.0. The fourth-order valence-corrected chi connectivity index (χ4v) is 3.98. The maximum absolute atomic E-state index is 12.6. The molecule has 0 spiro atoms. The molecule has 3 aromatic rings. The normalized spacial score (nSPS) is 15.0. The Morgan fingerprint density at radius 1 is 0.897 bits per heavy atom. The van der Waals surface area contributed by atoms with Crippen molar-refractivity contribution in [3.05, 3.63) is 95.6 Å². The van der Waals surface area contributed by atoms with Gasteiger partial charge in [0.1, 0.15) is 11.0 Å². The highest BCUT2D eigenvalue weighted by atomic mass is 16.7. The summed E-state index contributed by atoms with van der Waals surface area (Å²) in [5.41, 5.74) is -1.51. The van der Waals surface area contributed by atoms with Crippen LogP contribution in [0.15, 0.2) is 78.9 Å². The van der Waals surface area contributed by atoms with Gasteiger partial charge in [0, 0.05) is 0 Å². The third-order valence-electron chi connectivity index (χ3n) is 5.65. The zero-order valence-corrected chi connectivity index (χ0v) is 16.0. The molecule has 0 aromatic heterocycles. The molecule has 1 unspecified atom stereocenters. The minimum Gasteiger partial charge on any atom is -0.481 e. The molecule has 0 amide bonds. The minimum atomic E-state index is -1.75. The van der Waals surface area contributed by atoms with Crippen LogP contribution in [0.5, 0.6) is 11.5 Å². The Labute approximate surface area is 169 Å². The molecule has 0 radical (unpaired) electrons. The summed E-state index contributed by atoms with van der Waals surface area (Å²) in [5.74, 6) is 0.121. The summed E-state index contributed by atoms with van der Waals surface area (Å²) in [6.45, 7) is 1.73. The number of ether oxygens (including phenoxy) is 2. The van der Waals surface area contributed by atoms with Gasteiger partial charge in [-0.15, -0.1) is 0 Å². The molecule has 29 heavy (non-hydrogen) atoms. The molecule has 1 aliphatic heterocycles. The predicted octanol–water partition coefficient (Wildman–Crippen LogP) is 3.98. The molecule has 2 N–H and O–H groups in total. The third kappa shape index (κ3) is 3.13. The number of hydrogen-bond acceptors (Lipinski definition) is 4. The Morgan fingerprint density at radius 3 is 2.00 bits per heavy atom. The Hall–Kier alpha value is -3.31. The Balaban J connectivity index is 1.86. The zero-order valence-electron chi connectivity index (χ0n) is 16.0. The second-order valence-electron chi connectivity index (χ2n) is 7.44. The van der Waals surface area contributed by atoms with E-state index in [1.165, 1.54) is 0 Å². The van der Waals surface area contributed by atoms with Gasteiger partial charge in [0.25, 0.3) is 0 Å². The minimum absolute atomic E-state index is 0.0965. The molecule has 0 saturated carbocycles. The molecule has 0 saturated heterocycles. The fraction of sp³-hybridized carbons (Fsp3) is 0.208. The largest absolute Gasteiger partial charge is 0.481 e. The number of aliphatic carboxylic acids is 1. The summed E-state index contributed by atoms with van der Waals surface area (Å²) < 4.78 is 10.8. The fourth-order valence-electron chi connectivity index (χ4n) is 3.98. The molecule has 5 heteroatoms. The van der Waals surface area contributed by atoms with Gasteiger partial charge >= 0.3 is 5.97 Å². The second-order valence-corrected chi connectivity index (χ2v) is 7.44. The summed E-state index contributed by atoms with van der Waals surface area (Å²) in [5, 5.41) is 22.4. The van der Waals surface area contributed by atoms with Gasteiger partial charge in [-0.1, -0.05) is 66.7 Å². The lowest BCUT2D eigenvalue weighted by Crippen LogP contribution is -2.51. The monoisotopic (exact) mass is 390 g/mol. The average molecular weight is 390 g/mol. The number of aliphatic hydroxyl groups is 1. The van der Waals surface area contributed by atoms with Gasteiger partial charge < -0.3 is 19.7 Å². The van der Waals surface area contributed by atoms with Gasteiger partial charge in [-0.2, -0.15) is 0 Å². The quantitative estimate of drug-likeness (QED) is 0.666. The molecule has 0 fully saturated rings. The maximum Gasteiger partial charge on any atom is 0.313 e. The number of benzene rings is 3. The Morgan fingerprint density at radius 2 is 1.45 bits per heavy atom. The van der Waals surface area contributed by atoms with E-state index in [1.54, 1.807) is 67.6 Å². The highest BCUT2D eigenvalue weighted by molar-refractivity contribution is 5.78. The van der Waals surface area contributed by atoms with Crippen LogP contribution in [0, 0.1) is 5.41 Å². The van der Waals surface area contributed by atoms with Gasteiger partial charge in [-0.25, -0.2) is 0 Å². The molecule has 5 nitrogen and oxygen atoms in total. The van der Waals surface area contributed by atoms with Crippen LogP contribution in [-0.4, -0.2) is 23.0 Å². The van der Waals surface area contributed by atoms with Crippen LogP contribution in [0.3, 0.4) is 0 Å². The standard InChI is InChI=1S/C24H22O5/c1-23(22(25)26,15-17-12-13-20-21(14-17)29-16-28-20)24(27,18-8-4-2-5-9-18)19-10-6-3-7-11-19/h2-14,27H,15-16H2,1H3,(H,25,26). The van der Waals surface area contributed by atoms with E-state index in [-0.39, 0.29) is 13.2 Å². The second kappa shape index (κ2) is 7.26. The van der Waals surface area contributed by atoms with Crippen LogP contribution in [0.25, 0.3) is 0 Å². The molecule has 0 aliphatic carbocycles. The first-order valence-electron chi connectivity index (χ1n) is 9.40. The molecule has 0 bridgehead atoms. The van der Waals surface area contributed by atoms with Crippen LogP contribution in [-0.2, 0) is 16.8 Å². The lowest BCUT2D eigenvalue weighted by atomic mass is 9.63. The molecule has 148 valence electrons. The zero-order chi connectivity index (χ0) is 20.5. The van der Waals surface area contributed by atoms with Crippen molar-refractivity contribution in [3.8, 4) is 11.5 Å². The highest BCUT2D eigenvalue weighted by Crippen LogP contribution is 2.48. The van der Waals surface area contributed by atoms with Crippen molar-refractivity contribution in [2.75, 3.05) is 6.79 Å². The van der Waals surface area contributed by atoms with Gasteiger partial charge in [0.05, 0.1) is 0 Å². The topological polar surface area (TPSA) is 76.0 Å². The summed E-state index contributed by atoms with van der Waals surface area (Å²) >= 11 is 0. The number of carbonyl (C=O) groups is 1. The third-order valence-corrected chi connectivity index (χ3v) is 5.65. The van der Waals surface area contributed by atoms with Crippen LogP contribution >= 0.6 is 0 Å². The molecule has 4 rings (SSSR count). The summed E-state index contributed by atoms with van der Waals surface area (Å²) in [6.07, 6.45) is 0.0965. The van der Waals surface area contributed by atoms with Crippen molar-refractivity contribution in [2.45, 2.75) is 18.9 Å². The van der Waals surface area contributed by atoms with Crippen molar-refractivity contribution in [2.24, 2.45) is 5.41 Å². The Bertz CT molecular complexity index is 976. The van der Waals surface area contributed by atoms with Crippen molar-refractivity contribution in [1.82, 2.24) is 0 Å². The smallest absolute Gasteiger partial charge is 0.313 e. The molecule has 1 aliphatic rings. The van der Waals surface area contributed by atoms with Gasteiger partial charge in [-0.3, -0.25) is 4.79 Å². The van der Waals surface area contributed by atoms with E-state index in [2.05, 4.69) is 0 Å². The number of fused-ring (bicyclic) bond motifs is 1. The van der Waals surface area contributed by atoms with E-state index < -0.39 is 17.0 Å². The Kier molecular flexibility index (Phi) is 4.76. The first-order chi connectivity index (χ1) is 13.9. The van der Waals surface area contributed by atoms with Gasteiger partial charge in [0.2, 0.25) is 6.79 Å². The van der Waals surface area contributed by atoms with Crippen LogP contribution < -0.4 is 9.47 Å². The lowest BCUT2D eigenvalue weighted by molar-refractivity contribution is -0.163. The van der Waals surface area contributed by atoms with Crippen molar-refractivity contribution >= 4 is 5.97 Å². The van der Waals surface area contributed by atoms with E-state index in [1.807, 2.05) is 18.2 Å². The number of carboxylic acids is 1. The van der Waals surface area contributed by atoms with Crippen LogP contribution in [0.2, 0.25) is 0 Å². The molecule has 1 atom stereocenters. The number of rotatable bonds is 6. The van der Waals surface area contributed by atoms with E-state index >= 15 is 0 Å². The molecule has 3 aromatic carbocycles.